The van der Waals surface area contributed by atoms with Crippen molar-refractivity contribution in [3.8, 4) is 0 Å². The lowest BCUT2D eigenvalue weighted by molar-refractivity contribution is -0.117. The van der Waals surface area contributed by atoms with E-state index in [4.69, 9.17) is 9.59 Å². The van der Waals surface area contributed by atoms with Gasteiger partial charge in [-0.25, -0.2) is 0 Å². The summed E-state index contributed by atoms with van der Waals surface area (Å²) in [5.41, 5.74) is 1.32. The summed E-state index contributed by atoms with van der Waals surface area (Å²) < 4.78 is 0. The Morgan fingerprint density at radius 3 is 1.74 bits per heavy atom. The highest BCUT2D eigenvalue weighted by Crippen LogP contribution is 1.98. The van der Waals surface area contributed by atoms with Gasteiger partial charge in [-0.3, -0.25) is 0 Å². The lowest BCUT2D eigenvalue weighted by Crippen LogP contribution is -1.87. The maximum absolute atomic E-state index is 10.3. The summed E-state index contributed by atoms with van der Waals surface area (Å²) in [6, 6.07) is 10.3. The lowest BCUT2D eigenvalue weighted by Gasteiger charge is -1.90. The molecular formula is C16H26O3. The molecule has 0 aliphatic rings. The average Bonchev–Trinajstić information content (AvgIpc) is 2.45. The van der Waals surface area contributed by atoms with Crippen molar-refractivity contribution in [1.82, 2.24) is 0 Å². The first-order chi connectivity index (χ1) is 9.16. The lowest BCUT2D eigenvalue weighted by atomic mass is 10.2. The van der Waals surface area contributed by atoms with Crippen molar-refractivity contribution in [2.75, 3.05) is 0 Å². The van der Waals surface area contributed by atoms with E-state index in [-0.39, 0.29) is 0 Å². The van der Waals surface area contributed by atoms with Crippen LogP contribution in [0.1, 0.15) is 45.1 Å². The average molecular weight is 266 g/mol. The van der Waals surface area contributed by atoms with Gasteiger partial charge in [-0.05, 0) is 20.3 Å². The number of benzene rings is 1. The van der Waals surface area contributed by atoms with Crippen LogP contribution in [-0.2, 0) is 14.4 Å². The normalized spacial score (nSPS) is 7.53. The van der Waals surface area contributed by atoms with Gasteiger partial charge in [0.1, 0.15) is 19.4 Å². The first-order valence-electron chi connectivity index (χ1n) is 6.25. The van der Waals surface area contributed by atoms with Crippen molar-refractivity contribution >= 4 is 19.4 Å². The largest absolute Gasteiger partial charge is 0.307 e. The Hall–Kier alpha value is -1.77. The summed E-state index contributed by atoms with van der Waals surface area (Å²) >= 11 is 0. The van der Waals surface area contributed by atoms with Crippen LogP contribution in [0.25, 0.3) is 0 Å². The fraction of sp³-hybridized carbons (Fsp3) is 0.438. The molecule has 0 radical (unpaired) electrons. The molecule has 0 heterocycles. The van der Waals surface area contributed by atoms with Gasteiger partial charge >= 0.3 is 0 Å². The second-order valence-corrected chi connectivity index (χ2v) is 3.81. The Kier molecular flexibility index (Phi) is 25.4. The van der Waals surface area contributed by atoms with Crippen molar-refractivity contribution in [2.45, 2.75) is 46.5 Å². The molecular weight excluding hydrogens is 240 g/mol. The highest BCUT2D eigenvalue weighted by Gasteiger charge is 1.89. The Morgan fingerprint density at radius 2 is 1.47 bits per heavy atom. The summed E-state index contributed by atoms with van der Waals surface area (Å²) in [6.07, 6.45) is 4.24. The third-order valence-electron chi connectivity index (χ3n) is 2.07. The van der Waals surface area contributed by atoms with E-state index in [0.717, 1.165) is 12.8 Å². The van der Waals surface area contributed by atoms with Crippen molar-refractivity contribution in [1.29, 1.82) is 0 Å². The molecule has 0 saturated heterocycles. The molecule has 0 bridgehead atoms. The van der Waals surface area contributed by atoms with E-state index in [9.17, 15) is 4.79 Å². The second kappa shape index (κ2) is 21.5. The Balaban J connectivity index is -0.000000214. The van der Waals surface area contributed by atoms with Crippen LogP contribution in [0.5, 0.6) is 0 Å². The molecule has 0 spiro atoms. The second-order valence-electron chi connectivity index (χ2n) is 3.81. The van der Waals surface area contributed by atoms with Crippen molar-refractivity contribution in [2.24, 2.45) is 0 Å². The standard InChI is InChI=1S/C7H14O.C7H8.2CH2O/c1-3-4-5-6-7(2)8;1-7-5-3-2-4-6-7;2*1-2/h3-6H2,1-2H3;2-6H,1H3;2*1H2. The number of aryl methyl sites for hydroxylation is 1. The SMILES string of the molecule is C=O.C=O.CCCCCC(C)=O.Cc1ccccc1. The predicted molar refractivity (Wildman–Crippen MR) is 80.2 cm³/mol. The molecule has 0 unspecified atom stereocenters. The predicted octanol–water partition coefficient (Wildman–Crippen LogP) is 3.78. The zero-order valence-electron chi connectivity index (χ0n) is 12.4. The first-order valence-corrected chi connectivity index (χ1v) is 6.25. The minimum atomic E-state index is 0.318. The molecule has 1 aromatic carbocycles. The fourth-order valence-corrected chi connectivity index (χ4v) is 1.16. The molecule has 108 valence electrons. The van der Waals surface area contributed by atoms with Crippen LogP contribution in [-0.4, -0.2) is 19.4 Å². The molecule has 0 saturated carbocycles. The summed E-state index contributed by atoms with van der Waals surface area (Å²) in [6.45, 7) is 9.87. The summed E-state index contributed by atoms with van der Waals surface area (Å²) in [5, 5.41) is 0. The van der Waals surface area contributed by atoms with Crippen LogP contribution in [0.4, 0.5) is 0 Å². The Labute approximate surface area is 117 Å². The molecule has 0 atom stereocenters. The van der Waals surface area contributed by atoms with Gasteiger partial charge in [0.25, 0.3) is 0 Å². The van der Waals surface area contributed by atoms with Gasteiger partial charge in [-0.2, -0.15) is 0 Å². The van der Waals surface area contributed by atoms with Gasteiger partial charge in [0, 0.05) is 6.42 Å². The van der Waals surface area contributed by atoms with Gasteiger partial charge in [0.15, 0.2) is 0 Å². The number of carbonyl (C=O) groups excluding carboxylic acids is 3. The van der Waals surface area contributed by atoms with E-state index < -0.39 is 0 Å². The van der Waals surface area contributed by atoms with Gasteiger partial charge in [0.2, 0.25) is 0 Å². The minimum absolute atomic E-state index is 0.318. The van der Waals surface area contributed by atoms with Gasteiger partial charge < -0.3 is 14.4 Å². The van der Waals surface area contributed by atoms with Crippen LogP contribution in [0.3, 0.4) is 0 Å². The maximum atomic E-state index is 10.3. The van der Waals surface area contributed by atoms with Gasteiger partial charge in [-0.15, -0.1) is 0 Å². The summed E-state index contributed by atoms with van der Waals surface area (Å²) in [7, 11) is 0. The molecule has 0 fully saturated rings. The molecule has 3 heteroatoms. The molecule has 0 aliphatic carbocycles. The topological polar surface area (TPSA) is 51.2 Å². The van der Waals surface area contributed by atoms with Gasteiger partial charge in [-0.1, -0.05) is 55.7 Å². The van der Waals surface area contributed by atoms with Crippen molar-refractivity contribution in [3.05, 3.63) is 35.9 Å². The van der Waals surface area contributed by atoms with E-state index >= 15 is 0 Å². The van der Waals surface area contributed by atoms with Crippen LogP contribution >= 0.6 is 0 Å². The molecule has 19 heavy (non-hydrogen) atoms. The van der Waals surface area contributed by atoms with Crippen LogP contribution in [0, 0.1) is 6.92 Å². The van der Waals surface area contributed by atoms with E-state index in [1.165, 1.54) is 18.4 Å². The highest BCUT2D eigenvalue weighted by molar-refractivity contribution is 5.75. The van der Waals surface area contributed by atoms with Crippen molar-refractivity contribution < 1.29 is 14.4 Å². The van der Waals surface area contributed by atoms with Gasteiger partial charge in [0.05, 0.1) is 0 Å². The van der Waals surface area contributed by atoms with E-state index in [0.29, 0.717) is 5.78 Å². The Bertz CT molecular complexity index is 281. The number of hydrogen-bond donors (Lipinski definition) is 0. The smallest absolute Gasteiger partial charge is 0.129 e. The summed E-state index contributed by atoms with van der Waals surface area (Å²) in [5.74, 6) is 0.318. The highest BCUT2D eigenvalue weighted by atomic mass is 16.1. The number of rotatable bonds is 4. The number of hydrogen-bond acceptors (Lipinski definition) is 3. The zero-order chi connectivity index (χ0) is 15.5. The maximum Gasteiger partial charge on any atom is 0.129 e. The molecule has 1 aromatic rings. The molecule has 0 amide bonds. The van der Waals surface area contributed by atoms with Crippen LogP contribution < -0.4 is 0 Å². The number of unbranched alkanes of at least 4 members (excludes halogenated alkanes) is 2. The van der Waals surface area contributed by atoms with E-state index in [1.54, 1.807) is 6.92 Å². The molecule has 1 rings (SSSR count). The minimum Gasteiger partial charge on any atom is -0.307 e. The third kappa shape index (κ3) is 26.1. The molecule has 0 aromatic heterocycles. The van der Waals surface area contributed by atoms with E-state index in [2.05, 4.69) is 26.0 Å². The molecule has 0 N–H and O–H groups in total. The number of ketones is 1. The fourth-order valence-electron chi connectivity index (χ4n) is 1.16. The number of carbonyl (C=O) groups is 3. The molecule has 0 aliphatic heterocycles. The monoisotopic (exact) mass is 266 g/mol. The zero-order valence-corrected chi connectivity index (χ0v) is 12.4. The Morgan fingerprint density at radius 1 is 1.00 bits per heavy atom. The van der Waals surface area contributed by atoms with Crippen molar-refractivity contribution in [3.63, 3.8) is 0 Å². The first kappa shape index (κ1) is 22.4. The molecule has 3 nitrogen and oxygen atoms in total. The van der Waals surface area contributed by atoms with E-state index in [1.807, 2.05) is 31.8 Å². The van der Waals surface area contributed by atoms with Crippen LogP contribution in [0.2, 0.25) is 0 Å². The number of Topliss-reactive ketones (excluding diaryl/α,β-unsaturated/α-hetero) is 1. The third-order valence-corrected chi connectivity index (χ3v) is 2.07. The van der Waals surface area contributed by atoms with Crippen LogP contribution in [0.15, 0.2) is 30.3 Å². The quantitative estimate of drug-likeness (QED) is 0.779. The summed E-state index contributed by atoms with van der Waals surface area (Å²) in [4.78, 5) is 26.3.